The van der Waals surface area contributed by atoms with Crippen LogP contribution in [0.5, 0.6) is 0 Å². The Labute approximate surface area is 195 Å². The van der Waals surface area contributed by atoms with Crippen molar-refractivity contribution in [2.45, 2.75) is 45.1 Å². The molecule has 2 unspecified atom stereocenters. The lowest BCUT2D eigenvalue weighted by Crippen LogP contribution is -2.44. The van der Waals surface area contributed by atoms with Gasteiger partial charge in [0.15, 0.2) is 5.70 Å². The monoisotopic (exact) mass is 449 g/mol. The van der Waals surface area contributed by atoms with Crippen molar-refractivity contribution in [1.82, 2.24) is 0 Å². The molecule has 4 rings (SSSR count). The number of esters is 1. The number of nitrogens with zero attached hydrogens (tertiary/aromatic N) is 1. The number of benzene rings is 2. The molecule has 174 valence electrons. The van der Waals surface area contributed by atoms with Gasteiger partial charge in [-0.15, -0.1) is 0 Å². The lowest BCUT2D eigenvalue weighted by Gasteiger charge is -2.39. The summed E-state index contributed by atoms with van der Waals surface area (Å²) >= 11 is 0. The van der Waals surface area contributed by atoms with Gasteiger partial charge in [0.25, 0.3) is 0 Å². The van der Waals surface area contributed by atoms with Crippen LogP contribution in [-0.4, -0.2) is 30.0 Å². The number of carbonyl (C=O) groups is 1. The molecule has 0 spiro atoms. The second kappa shape index (κ2) is 10.0. The Balaban J connectivity index is 1.58. The maximum absolute atomic E-state index is 13.2. The minimum Gasteiger partial charge on any atom is -0.510 e. The molecule has 6 nitrogen and oxygen atoms in total. The third-order valence-electron chi connectivity index (χ3n) is 6.03. The SMILES string of the molecule is CCCN(C1=C(O)CC(C)(CC(Cc2ccccc2)C2=COCO2)OC1=O)c1ccccc1. The van der Waals surface area contributed by atoms with Gasteiger partial charge in [0.05, 0.1) is 0 Å². The van der Waals surface area contributed by atoms with E-state index in [1.807, 2.05) is 67.3 Å². The Hall–Kier alpha value is -3.41. The zero-order chi connectivity index (χ0) is 23.3. The summed E-state index contributed by atoms with van der Waals surface area (Å²) in [4.78, 5) is 15.1. The Morgan fingerprint density at radius 3 is 2.39 bits per heavy atom. The zero-order valence-corrected chi connectivity index (χ0v) is 19.2. The average Bonchev–Trinajstić information content (AvgIpc) is 3.34. The summed E-state index contributed by atoms with van der Waals surface area (Å²) < 4.78 is 17.0. The molecule has 33 heavy (non-hydrogen) atoms. The summed E-state index contributed by atoms with van der Waals surface area (Å²) in [6.45, 7) is 4.70. The molecular weight excluding hydrogens is 418 g/mol. The van der Waals surface area contributed by atoms with Crippen molar-refractivity contribution < 1.29 is 24.1 Å². The zero-order valence-electron chi connectivity index (χ0n) is 19.2. The van der Waals surface area contributed by atoms with E-state index in [-0.39, 0.29) is 30.6 Å². The molecule has 0 aliphatic carbocycles. The average molecular weight is 450 g/mol. The van der Waals surface area contributed by atoms with E-state index in [1.165, 1.54) is 0 Å². The number of para-hydroxylation sites is 1. The van der Waals surface area contributed by atoms with Gasteiger partial charge in [0.2, 0.25) is 6.79 Å². The van der Waals surface area contributed by atoms with Crippen LogP contribution in [0, 0.1) is 5.92 Å². The van der Waals surface area contributed by atoms with Gasteiger partial charge in [-0.2, -0.15) is 0 Å². The smallest absolute Gasteiger partial charge is 0.359 e. The van der Waals surface area contributed by atoms with Gasteiger partial charge >= 0.3 is 5.97 Å². The number of hydrogen-bond donors (Lipinski definition) is 1. The summed E-state index contributed by atoms with van der Waals surface area (Å²) in [5.74, 6) is 0.238. The second-order valence-corrected chi connectivity index (χ2v) is 8.84. The molecule has 2 aliphatic heterocycles. The number of allylic oxidation sites excluding steroid dienone is 1. The van der Waals surface area contributed by atoms with Crippen LogP contribution in [0.4, 0.5) is 5.69 Å². The molecule has 2 aromatic carbocycles. The highest BCUT2D eigenvalue weighted by Gasteiger charge is 2.43. The van der Waals surface area contributed by atoms with E-state index in [0.29, 0.717) is 19.4 Å². The normalized spacial score (nSPS) is 21.0. The first-order valence-corrected chi connectivity index (χ1v) is 11.5. The Morgan fingerprint density at radius 1 is 1.09 bits per heavy atom. The first kappa shape index (κ1) is 22.8. The third kappa shape index (κ3) is 5.33. The number of cyclic esters (lactones) is 1. The molecule has 0 saturated heterocycles. The van der Waals surface area contributed by atoms with E-state index in [0.717, 1.165) is 23.4 Å². The van der Waals surface area contributed by atoms with Crippen LogP contribution < -0.4 is 4.90 Å². The fourth-order valence-corrected chi connectivity index (χ4v) is 4.60. The van der Waals surface area contributed by atoms with E-state index in [9.17, 15) is 9.90 Å². The largest absolute Gasteiger partial charge is 0.510 e. The van der Waals surface area contributed by atoms with Crippen LogP contribution >= 0.6 is 0 Å². The summed E-state index contributed by atoms with van der Waals surface area (Å²) in [6, 6.07) is 19.7. The molecule has 2 aliphatic rings. The van der Waals surface area contributed by atoms with Gasteiger partial charge in [-0.1, -0.05) is 55.5 Å². The highest BCUT2D eigenvalue weighted by Crippen LogP contribution is 2.39. The van der Waals surface area contributed by atoms with Crippen molar-refractivity contribution in [2.24, 2.45) is 5.92 Å². The number of ether oxygens (including phenoxy) is 3. The highest BCUT2D eigenvalue weighted by atomic mass is 16.7. The van der Waals surface area contributed by atoms with E-state index in [4.69, 9.17) is 14.2 Å². The number of rotatable bonds is 9. The molecule has 0 aromatic heterocycles. The first-order valence-electron chi connectivity index (χ1n) is 11.5. The maximum atomic E-state index is 13.2. The van der Waals surface area contributed by atoms with Gasteiger partial charge in [0.1, 0.15) is 23.4 Å². The standard InChI is InChI=1S/C27H31NO5/c1-3-14-28(22-12-8-5-9-13-22)25-23(29)17-27(2,33-26(25)30)16-21(24-18-31-19-32-24)15-20-10-6-4-7-11-20/h4-13,18,21,29H,3,14-17,19H2,1-2H3. The molecule has 2 atom stereocenters. The van der Waals surface area contributed by atoms with E-state index in [1.54, 1.807) is 6.26 Å². The summed E-state index contributed by atoms with van der Waals surface area (Å²) in [5.41, 5.74) is 1.36. The molecule has 2 heterocycles. The number of aliphatic hydroxyl groups is 1. The van der Waals surface area contributed by atoms with Crippen molar-refractivity contribution in [3.05, 3.63) is 89.7 Å². The minimum absolute atomic E-state index is 0.0529. The molecule has 6 heteroatoms. The molecule has 0 saturated carbocycles. The molecule has 2 aromatic rings. The summed E-state index contributed by atoms with van der Waals surface area (Å²) in [6.07, 6.45) is 3.91. The predicted molar refractivity (Wildman–Crippen MR) is 126 cm³/mol. The Kier molecular flexibility index (Phi) is 6.92. The van der Waals surface area contributed by atoms with Crippen LogP contribution in [0.25, 0.3) is 0 Å². The van der Waals surface area contributed by atoms with Gasteiger partial charge in [-0.05, 0) is 43.9 Å². The number of carbonyl (C=O) groups excluding carboxylic acids is 1. The van der Waals surface area contributed by atoms with Gasteiger partial charge in [-0.3, -0.25) is 0 Å². The van der Waals surface area contributed by atoms with Crippen molar-refractivity contribution in [3.8, 4) is 0 Å². The number of hydrogen-bond acceptors (Lipinski definition) is 6. The van der Waals surface area contributed by atoms with Gasteiger partial charge in [0, 0.05) is 24.6 Å². The molecule has 0 radical (unpaired) electrons. The predicted octanol–water partition coefficient (Wildman–Crippen LogP) is 5.47. The highest BCUT2D eigenvalue weighted by molar-refractivity contribution is 5.94. The lowest BCUT2D eigenvalue weighted by atomic mass is 9.83. The van der Waals surface area contributed by atoms with Crippen LogP contribution in [-0.2, 0) is 25.4 Å². The van der Waals surface area contributed by atoms with Crippen LogP contribution in [0.1, 0.15) is 38.7 Å². The molecule has 0 fully saturated rings. The number of anilines is 1. The first-order chi connectivity index (χ1) is 16.0. The van der Waals surface area contributed by atoms with Crippen molar-refractivity contribution in [2.75, 3.05) is 18.2 Å². The van der Waals surface area contributed by atoms with E-state index in [2.05, 4.69) is 12.1 Å². The fraction of sp³-hybridized carbons (Fsp3) is 0.370. The summed E-state index contributed by atoms with van der Waals surface area (Å²) in [5, 5.41) is 11.1. The topological polar surface area (TPSA) is 68.2 Å². The van der Waals surface area contributed by atoms with E-state index < -0.39 is 11.6 Å². The minimum atomic E-state index is -0.870. The third-order valence-corrected chi connectivity index (χ3v) is 6.03. The van der Waals surface area contributed by atoms with Crippen molar-refractivity contribution in [3.63, 3.8) is 0 Å². The quantitative estimate of drug-likeness (QED) is 0.512. The molecule has 1 N–H and O–H groups in total. The lowest BCUT2D eigenvalue weighted by molar-refractivity contribution is -0.159. The van der Waals surface area contributed by atoms with Crippen molar-refractivity contribution in [1.29, 1.82) is 0 Å². The molecular formula is C27H31NO5. The second-order valence-electron chi connectivity index (χ2n) is 8.84. The fourth-order valence-electron chi connectivity index (χ4n) is 4.60. The van der Waals surface area contributed by atoms with E-state index >= 15 is 0 Å². The van der Waals surface area contributed by atoms with Crippen LogP contribution in [0.3, 0.4) is 0 Å². The maximum Gasteiger partial charge on any atom is 0.359 e. The Morgan fingerprint density at radius 2 is 1.79 bits per heavy atom. The van der Waals surface area contributed by atoms with Gasteiger partial charge < -0.3 is 24.2 Å². The molecule has 0 amide bonds. The Bertz CT molecular complexity index is 1020. The van der Waals surface area contributed by atoms with Crippen LogP contribution in [0.2, 0.25) is 0 Å². The summed E-state index contributed by atoms with van der Waals surface area (Å²) in [7, 11) is 0. The van der Waals surface area contributed by atoms with Gasteiger partial charge in [-0.25, -0.2) is 4.79 Å². The number of aliphatic hydroxyl groups excluding tert-OH is 1. The van der Waals surface area contributed by atoms with Crippen LogP contribution in [0.15, 0.2) is 84.1 Å². The molecule has 0 bridgehead atoms. The van der Waals surface area contributed by atoms with Crippen molar-refractivity contribution >= 4 is 11.7 Å².